The maximum absolute atomic E-state index is 12.9. The van der Waals surface area contributed by atoms with Crippen molar-refractivity contribution < 1.29 is 9.32 Å². The Hall–Kier alpha value is -1.32. The van der Waals surface area contributed by atoms with E-state index in [-0.39, 0.29) is 11.3 Å². The van der Waals surface area contributed by atoms with E-state index in [1.807, 2.05) is 0 Å². The van der Waals surface area contributed by atoms with Gasteiger partial charge in [-0.05, 0) is 55.3 Å². The van der Waals surface area contributed by atoms with Crippen LogP contribution in [0.15, 0.2) is 16.9 Å². The smallest absolute Gasteiger partial charge is 0.231 e. The number of nitrogens with zero attached hydrogens (tertiary/aromatic N) is 1. The van der Waals surface area contributed by atoms with Crippen LogP contribution in [-0.2, 0) is 4.79 Å². The molecule has 108 valence electrons. The lowest BCUT2D eigenvalue weighted by Gasteiger charge is -2.64. The second-order valence-electron chi connectivity index (χ2n) is 8.25. The lowest BCUT2D eigenvalue weighted by molar-refractivity contribution is -0.165. The summed E-state index contributed by atoms with van der Waals surface area (Å²) in [7, 11) is 0. The largest absolute Gasteiger partial charge is 0.363 e. The van der Waals surface area contributed by atoms with Crippen molar-refractivity contribution in [3.05, 3.63) is 12.3 Å². The van der Waals surface area contributed by atoms with Gasteiger partial charge in [0.1, 0.15) is 6.26 Å². The minimum absolute atomic E-state index is 0.160. The summed E-state index contributed by atoms with van der Waals surface area (Å²) in [5.74, 6) is 1.43. The number of carbonyl (C=O) groups excluding carboxylic acids is 1. The van der Waals surface area contributed by atoms with Gasteiger partial charge in [-0.15, -0.1) is 0 Å². The Kier molecular flexibility index (Phi) is 2.27. The maximum atomic E-state index is 12.9. The molecule has 0 aromatic carbocycles. The number of hydrogen-bond donors (Lipinski definition) is 1. The Morgan fingerprint density at radius 2 is 1.95 bits per heavy atom. The van der Waals surface area contributed by atoms with E-state index >= 15 is 0 Å². The summed E-state index contributed by atoms with van der Waals surface area (Å²) >= 11 is 0. The van der Waals surface area contributed by atoms with E-state index in [1.54, 1.807) is 6.07 Å². The minimum Gasteiger partial charge on any atom is -0.363 e. The number of anilines is 1. The zero-order valence-corrected chi connectivity index (χ0v) is 12.2. The summed E-state index contributed by atoms with van der Waals surface area (Å²) in [4.78, 5) is 12.9. The number of hydrogen-bond acceptors (Lipinski definition) is 3. The molecule has 0 saturated heterocycles. The second-order valence-corrected chi connectivity index (χ2v) is 8.25. The molecule has 1 N–H and O–H groups in total. The first-order valence-corrected chi connectivity index (χ1v) is 7.62. The molecule has 2 atom stereocenters. The highest BCUT2D eigenvalue weighted by Crippen LogP contribution is 2.69. The fourth-order valence-electron chi connectivity index (χ4n) is 6.23. The van der Waals surface area contributed by atoms with E-state index in [4.69, 9.17) is 4.52 Å². The van der Waals surface area contributed by atoms with Crippen molar-refractivity contribution in [3.8, 4) is 0 Å². The Morgan fingerprint density at radius 3 is 2.50 bits per heavy atom. The van der Waals surface area contributed by atoms with Crippen LogP contribution in [0, 0.1) is 22.2 Å². The first-order chi connectivity index (χ1) is 9.41. The van der Waals surface area contributed by atoms with Crippen molar-refractivity contribution in [3.63, 3.8) is 0 Å². The molecule has 4 aliphatic rings. The maximum Gasteiger partial charge on any atom is 0.231 e. The standard InChI is InChI=1S/C16H22N2O2/c1-14-5-11-6-15(2,8-14)10-16(7-11,9-14)13(19)17-12-3-4-20-18-12/h3-4,11H,5-10H2,1-2H3,(H,17,18,19)/t11?,14-,15-,16?/m1/s1. The van der Waals surface area contributed by atoms with Gasteiger partial charge in [0.25, 0.3) is 0 Å². The fraction of sp³-hybridized carbons (Fsp3) is 0.750. The number of nitrogens with one attached hydrogen (secondary N) is 1. The van der Waals surface area contributed by atoms with Gasteiger partial charge < -0.3 is 9.84 Å². The molecular formula is C16H22N2O2. The molecule has 5 rings (SSSR count). The van der Waals surface area contributed by atoms with E-state index in [0.717, 1.165) is 25.2 Å². The van der Waals surface area contributed by atoms with Gasteiger partial charge >= 0.3 is 0 Å². The Morgan fingerprint density at radius 1 is 1.25 bits per heavy atom. The van der Waals surface area contributed by atoms with Crippen molar-refractivity contribution in [2.24, 2.45) is 22.2 Å². The molecule has 0 aliphatic heterocycles. The molecule has 4 saturated carbocycles. The third-order valence-corrected chi connectivity index (χ3v) is 5.79. The van der Waals surface area contributed by atoms with Crippen LogP contribution in [0.4, 0.5) is 5.82 Å². The lowest BCUT2D eigenvalue weighted by atomic mass is 9.40. The van der Waals surface area contributed by atoms with Gasteiger partial charge in [-0.2, -0.15) is 0 Å². The average Bonchev–Trinajstić information content (AvgIpc) is 2.76. The van der Waals surface area contributed by atoms with Crippen molar-refractivity contribution in [2.75, 3.05) is 5.32 Å². The SMILES string of the molecule is C[C@]12CC3CC(C(=O)Nc4ccon4)(C1)C[C@](C)(C3)C2. The summed E-state index contributed by atoms with van der Waals surface area (Å²) in [5.41, 5.74) is 0.534. The van der Waals surface area contributed by atoms with Crippen molar-refractivity contribution in [1.29, 1.82) is 0 Å². The molecule has 4 fully saturated rings. The van der Waals surface area contributed by atoms with Gasteiger partial charge in [-0.25, -0.2) is 0 Å². The fourth-order valence-corrected chi connectivity index (χ4v) is 6.23. The topological polar surface area (TPSA) is 55.1 Å². The van der Waals surface area contributed by atoms with E-state index in [1.165, 1.54) is 25.5 Å². The monoisotopic (exact) mass is 274 g/mol. The van der Waals surface area contributed by atoms with E-state index < -0.39 is 0 Å². The Bertz CT molecular complexity index is 533. The number of aromatic nitrogens is 1. The summed E-state index contributed by atoms with van der Waals surface area (Å²) in [5, 5.41) is 6.78. The first kappa shape index (κ1) is 12.4. The third kappa shape index (κ3) is 1.73. The van der Waals surface area contributed by atoms with Crippen LogP contribution >= 0.6 is 0 Å². The molecule has 4 aliphatic carbocycles. The highest BCUT2D eigenvalue weighted by Gasteiger charge is 2.62. The molecule has 20 heavy (non-hydrogen) atoms. The predicted molar refractivity (Wildman–Crippen MR) is 75.0 cm³/mol. The van der Waals surface area contributed by atoms with E-state index in [0.29, 0.717) is 16.6 Å². The number of rotatable bonds is 2. The normalized spacial score (nSPS) is 45.6. The summed E-state index contributed by atoms with van der Waals surface area (Å²) < 4.78 is 4.81. The zero-order chi connectivity index (χ0) is 14.0. The average molecular weight is 274 g/mol. The highest BCUT2D eigenvalue weighted by atomic mass is 16.5. The van der Waals surface area contributed by atoms with Crippen molar-refractivity contribution in [2.45, 2.75) is 52.4 Å². The van der Waals surface area contributed by atoms with E-state index in [2.05, 4.69) is 24.3 Å². The highest BCUT2D eigenvalue weighted by molar-refractivity contribution is 5.95. The van der Waals surface area contributed by atoms with Crippen LogP contribution in [0.3, 0.4) is 0 Å². The number of carbonyl (C=O) groups is 1. The molecule has 0 spiro atoms. The molecule has 4 heteroatoms. The molecule has 0 unspecified atom stereocenters. The van der Waals surface area contributed by atoms with Gasteiger partial charge in [0, 0.05) is 6.07 Å². The number of amides is 1. The van der Waals surface area contributed by atoms with Crippen LogP contribution in [-0.4, -0.2) is 11.1 Å². The first-order valence-electron chi connectivity index (χ1n) is 7.62. The second kappa shape index (κ2) is 3.66. The molecule has 1 heterocycles. The molecule has 1 aromatic rings. The lowest BCUT2D eigenvalue weighted by Crippen LogP contribution is -2.58. The molecular weight excluding hydrogens is 252 g/mol. The quantitative estimate of drug-likeness (QED) is 0.896. The molecule has 4 nitrogen and oxygen atoms in total. The molecule has 1 amide bonds. The van der Waals surface area contributed by atoms with Crippen LogP contribution in [0.1, 0.15) is 52.4 Å². The van der Waals surface area contributed by atoms with Gasteiger partial charge in [0.15, 0.2) is 5.82 Å². The van der Waals surface area contributed by atoms with Crippen LogP contribution in [0.2, 0.25) is 0 Å². The molecule has 1 aromatic heterocycles. The zero-order valence-electron chi connectivity index (χ0n) is 12.2. The van der Waals surface area contributed by atoms with Gasteiger partial charge in [0.05, 0.1) is 5.41 Å². The van der Waals surface area contributed by atoms with Gasteiger partial charge in [-0.3, -0.25) is 4.79 Å². The summed E-state index contributed by atoms with van der Waals surface area (Å²) in [6, 6.07) is 1.71. The van der Waals surface area contributed by atoms with Crippen molar-refractivity contribution in [1.82, 2.24) is 5.16 Å². The van der Waals surface area contributed by atoms with Gasteiger partial charge in [-0.1, -0.05) is 19.0 Å². The summed E-state index contributed by atoms with van der Waals surface area (Å²) in [6.07, 6.45) is 8.53. The van der Waals surface area contributed by atoms with Crippen LogP contribution in [0.5, 0.6) is 0 Å². The Balaban J connectivity index is 1.65. The van der Waals surface area contributed by atoms with Crippen LogP contribution < -0.4 is 5.32 Å². The predicted octanol–water partition coefficient (Wildman–Crippen LogP) is 3.61. The van der Waals surface area contributed by atoms with E-state index in [9.17, 15) is 4.79 Å². The minimum atomic E-state index is -0.179. The third-order valence-electron chi connectivity index (χ3n) is 5.79. The Labute approximate surface area is 119 Å². The molecule has 0 radical (unpaired) electrons. The summed E-state index contributed by atoms with van der Waals surface area (Å²) in [6.45, 7) is 4.77. The van der Waals surface area contributed by atoms with Crippen LogP contribution in [0.25, 0.3) is 0 Å². The van der Waals surface area contributed by atoms with Gasteiger partial charge in [0.2, 0.25) is 5.91 Å². The van der Waals surface area contributed by atoms with Crippen molar-refractivity contribution >= 4 is 11.7 Å². The molecule has 4 bridgehead atoms.